The van der Waals surface area contributed by atoms with E-state index in [2.05, 4.69) is 5.32 Å². The van der Waals surface area contributed by atoms with Gasteiger partial charge in [-0.15, -0.1) is 0 Å². The van der Waals surface area contributed by atoms with Crippen LogP contribution in [0, 0.1) is 5.92 Å². The van der Waals surface area contributed by atoms with Gasteiger partial charge in [-0.25, -0.2) is 0 Å². The summed E-state index contributed by atoms with van der Waals surface area (Å²) >= 11 is 0. The molecule has 1 unspecified atom stereocenters. The Morgan fingerprint density at radius 3 is 3.07 bits per heavy atom. The molecule has 0 aliphatic heterocycles. The molecule has 1 aromatic heterocycles. The molecule has 0 aliphatic rings. The molecule has 1 aromatic rings. The molecule has 0 fully saturated rings. The fourth-order valence-corrected chi connectivity index (χ4v) is 1.24. The molecule has 4 heteroatoms. The van der Waals surface area contributed by atoms with Crippen LogP contribution in [0.1, 0.15) is 30.3 Å². The second kappa shape index (κ2) is 6.24. The Morgan fingerprint density at radius 2 is 2.47 bits per heavy atom. The van der Waals surface area contributed by atoms with Crippen LogP contribution in [0.2, 0.25) is 0 Å². The highest BCUT2D eigenvalue weighted by Gasteiger charge is 2.07. The number of hydrogen-bond donors (Lipinski definition) is 2. The molecule has 0 bridgehead atoms. The van der Waals surface area contributed by atoms with Gasteiger partial charge >= 0.3 is 0 Å². The van der Waals surface area contributed by atoms with Gasteiger partial charge in [0.1, 0.15) is 0 Å². The Kier molecular flexibility index (Phi) is 4.90. The van der Waals surface area contributed by atoms with E-state index in [-0.39, 0.29) is 12.5 Å². The number of aliphatic hydroxyl groups is 1. The Labute approximate surface area is 89.3 Å². The van der Waals surface area contributed by atoms with E-state index in [4.69, 9.17) is 9.52 Å². The van der Waals surface area contributed by atoms with Crippen LogP contribution in [0.15, 0.2) is 22.8 Å². The molecule has 0 radical (unpaired) electrons. The number of furan rings is 1. The second-order valence-corrected chi connectivity index (χ2v) is 3.66. The third-order valence-electron chi connectivity index (χ3n) is 2.22. The number of carbonyl (C=O) groups excluding carboxylic acids is 1. The molecule has 15 heavy (non-hydrogen) atoms. The van der Waals surface area contributed by atoms with Crippen LogP contribution in [-0.4, -0.2) is 24.2 Å². The molecule has 1 amide bonds. The van der Waals surface area contributed by atoms with E-state index in [1.807, 2.05) is 6.92 Å². The zero-order valence-corrected chi connectivity index (χ0v) is 8.90. The van der Waals surface area contributed by atoms with Crippen LogP contribution in [0.3, 0.4) is 0 Å². The van der Waals surface area contributed by atoms with E-state index in [0.717, 1.165) is 12.8 Å². The lowest BCUT2D eigenvalue weighted by atomic mass is 10.1. The zero-order valence-electron chi connectivity index (χ0n) is 8.90. The van der Waals surface area contributed by atoms with Crippen LogP contribution in [0.25, 0.3) is 0 Å². The fourth-order valence-electron chi connectivity index (χ4n) is 1.24. The van der Waals surface area contributed by atoms with Crippen molar-refractivity contribution in [3.8, 4) is 0 Å². The van der Waals surface area contributed by atoms with E-state index in [9.17, 15) is 4.79 Å². The predicted octanol–water partition coefficient (Wildman–Crippen LogP) is 1.42. The van der Waals surface area contributed by atoms with Crippen molar-refractivity contribution in [2.45, 2.75) is 19.8 Å². The number of nitrogens with one attached hydrogen (secondary N) is 1. The Bertz CT molecular complexity index is 282. The van der Waals surface area contributed by atoms with E-state index < -0.39 is 0 Å². The number of carbonyl (C=O) groups is 1. The fraction of sp³-hybridized carbons (Fsp3) is 0.545. The first-order chi connectivity index (χ1) is 7.24. The monoisotopic (exact) mass is 211 g/mol. The molecular formula is C11H17NO3. The highest BCUT2D eigenvalue weighted by Crippen LogP contribution is 2.03. The standard InChI is InChI=1S/C11H17NO3/c1-9(8-13)4-2-6-12-11(14)10-5-3-7-15-10/h3,5,7,9,13H,2,4,6,8H2,1H3,(H,12,14). The molecule has 0 saturated heterocycles. The normalized spacial score (nSPS) is 12.4. The maximum atomic E-state index is 11.4. The van der Waals surface area contributed by atoms with Gasteiger partial charge in [0, 0.05) is 13.2 Å². The maximum Gasteiger partial charge on any atom is 0.286 e. The smallest absolute Gasteiger partial charge is 0.286 e. The highest BCUT2D eigenvalue weighted by atomic mass is 16.3. The van der Waals surface area contributed by atoms with Crippen molar-refractivity contribution < 1.29 is 14.3 Å². The summed E-state index contributed by atoms with van der Waals surface area (Å²) in [5.74, 6) is 0.451. The average molecular weight is 211 g/mol. The highest BCUT2D eigenvalue weighted by molar-refractivity contribution is 5.91. The number of amides is 1. The van der Waals surface area contributed by atoms with E-state index in [1.165, 1.54) is 6.26 Å². The van der Waals surface area contributed by atoms with Crippen molar-refractivity contribution in [2.24, 2.45) is 5.92 Å². The first kappa shape index (κ1) is 11.8. The predicted molar refractivity (Wildman–Crippen MR) is 56.5 cm³/mol. The van der Waals surface area contributed by atoms with Crippen molar-refractivity contribution in [1.82, 2.24) is 5.32 Å². The van der Waals surface area contributed by atoms with Crippen molar-refractivity contribution in [3.05, 3.63) is 24.2 Å². The van der Waals surface area contributed by atoms with Crippen molar-refractivity contribution in [1.29, 1.82) is 0 Å². The van der Waals surface area contributed by atoms with Gasteiger partial charge < -0.3 is 14.8 Å². The van der Waals surface area contributed by atoms with Gasteiger partial charge in [0.05, 0.1) is 6.26 Å². The van der Waals surface area contributed by atoms with Crippen LogP contribution >= 0.6 is 0 Å². The molecule has 0 saturated carbocycles. The van der Waals surface area contributed by atoms with Gasteiger partial charge in [-0.1, -0.05) is 6.92 Å². The van der Waals surface area contributed by atoms with Crippen molar-refractivity contribution >= 4 is 5.91 Å². The average Bonchev–Trinajstić information content (AvgIpc) is 2.77. The summed E-state index contributed by atoms with van der Waals surface area (Å²) in [5.41, 5.74) is 0. The number of aliphatic hydroxyl groups excluding tert-OH is 1. The Balaban J connectivity index is 2.13. The number of hydrogen-bond acceptors (Lipinski definition) is 3. The summed E-state index contributed by atoms with van der Waals surface area (Å²) in [6.07, 6.45) is 3.26. The lowest BCUT2D eigenvalue weighted by Gasteiger charge is -2.07. The summed E-state index contributed by atoms with van der Waals surface area (Å²) in [6, 6.07) is 3.31. The Hall–Kier alpha value is -1.29. The van der Waals surface area contributed by atoms with Crippen LogP contribution in [0.4, 0.5) is 0 Å². The van der Waals surface area contributed by atoms with Crippen LogP contribution in [-0.2, 0) is 0 Å². The quantitative estimate of drug-likeness (QED) is 0.699. The third-order valence-corrected chi connectivity index (χ3v) is 2.22. The second-order valence-electron chi connectivity index (χ2n) is 3.66. The van der Waals surface area contributed by atoms with Gasteiger partial charge in [0.15, 0.2) is 5.76 Å². The van der Waals surface area contributed by atoms with Gasteiger partial charge in [-0.05, 0) is 30.9 Å². The summed E-state index contributed by atoms with van der Waals surface area (Å²) in [7, 11) is 0. The van der Waals surface area contributed by atoms with Gasteiger partial charge in [-0.3, -0.25) is 4.79 Å². The van der Waals surface area contributed by atoms with Crippen molar-refractivity contribution in [2.75, 3.05) is 13.2 Å². The minimum atomic E-state index is -0.184. The summed E-state index contributed by atoms with van der Waals surface area (Å²) < 4.78 is 4.94. The van der Waals surface area contributed by atoms with E-state index in [1.54, 1.807) is 12.1 Å². The van der Waals surface area contributed by atoms with E-state index in [0.29, 0.717) is 18.2 Å². The largest absolute Gasteiger partial charge is 0.459 e. The maximum absolute atomic E-state index is 11.4. The third kappa shape index (κ3) is 4.16. The molecule has 4 nitrogen and oxygen atoms in total. The van der Waals surface area contributed by atoms with Gasteiger partial charge in [-0.2, -0.15) is 0 Å². The topological polar surface area (TPSA) is 62.5 Å². The van der Waals surface area contributed by atoms with Crippen molar-refractivity contribution in [3.63, 3.8) is 0 Å². The molecular weight excluding hydrogens is 194 g/mol. The first-order valence-corrected chi connectivity index (χ1v) is 5.16. The Morgan fingerprint density at radius 1 is 1.67 bits per heavy atom. The SMILES string of the molecule is CC(CO)CCCNC(=O)c1ccco1. The molecule has 1 heterocycles. The molecule has 1 rings (SSSR count). The van der Waals surface area contributed by atoms with Crippen LogP contribution < -0.4 is 5.32 Å². The summed E-state index contributed by atoms with van der Waals surface area (Å²) in [5, 5.41) is 11.5. The lowest BCUT2D eigenvalue weighted by Crippen LogP contribution is -2.24. The molecule has 84 valence electrons. The van der Waals surface area contributed by atoms with Gasteiger partial charge in [0.2, 0.25) is 0 Å². The number of rotatable bonds is 6. The van der Waals surface area contributed by atoms with Gasteiger partial charge in [0.25, 0.3) is 5.91 Å². The lowest BCUT2D eigenvalue weighted by molar-refractivity contribution is 0.0924. The zero-order chi connectivity index (χ0) is 11.1. The molecule has 0 aromatic carbocycles. The summed E-state index contributed by atoms with van der Waals surface area (Å²) in [6.45, 7) is 2.80. The molecule has 1 atom stereocenters. The molecule has 0 spiro atoms. The summed E-state index contributed by atoms with van der Waals surface area (Å²) in [4.78, 5) is 11.4. The molecule has 2 N–H and O–H groups in total. The minimum Gasteiger partial charge on any atom is -0.459 e. The van der Waals surface area contributed by atoms with E-state index >= 15 is 0 Å². The first-order valence-electron chi connectivity index (χ1n) is 5.16. The molecule has 0 aliphatic carbocycles. The minimum absolute atomic E-state index is 0.184. The van der Waals surface area contributed by atoms with Crippen LogP contribution in [0.5, 0.6) is 0 Å².